The van der Waals surface area contributed by atoms with Crippen LogP contribution in [0.15, 0.2) is 42.1 Å². The number of benzene rings is 1. The highest BCUT2D eigenvalue weighted by Gasteiger charge is 2.63. The van der Waals surface area contributed by atoms with Crippen LogP contribution >= 0.6 is 0 Å². The Morgan fingerprint density at radius 2 is 1.92 bits per heavy atom. The third kappa shape index (κ3) is 5.75. The minimum atomic E-state index is -1.13. The number of hydrogen-bond acceptors (Lipinski definition) is 6. The van der Waals surface area contributed by atoms with Crippen LogP contribution in [0, 0.1) is 23.2 Å². The number of nitrogens with zero attached hydrogens (tertiary/aromatic N) is 1. The number of nitrogens with one attached hydrogen (secondary N) is 1. The summed E-state index contributed by atoms with van der Waals surface area (Å²) in [7, 11) is 3.01. The number of esters is 1. The van der Waals surface area contributed by atoms with E-state index in [2.05, 4.69) is 19.2 Å². The van der Waals surface area contributed by atoms with Crippen molar-refractivity contribution in [1.82, 2.24) is 10.2 Å². The zero-order valence-electron chi connectivity index (χ0n) is 22.4. The molecule has 2 heterocycles. The predicted octanol–water partition coefficient (Wildman–Crippen LogP) is 3.45. The minimum absolute atomic E-state index is 0.00806. The van der Waals surface area contributed by atoms with Gasteiger partial charge in [0.15, 0.2) is 0 Å². The maximum absolute atomic E-state index is 14.0. The van der Waals surface area contributed by atoms with Crippen molar-refractivity contribution in [2.24, 2.45) is 23.2 Å². The smallest absolute Gasteiger partial charge is 0.320 e. The first-order chi connectivity index (χ1) is 17.8. The second kappa shape index (κ2) is 11.8. The van der Waals surface area contributed by atoms with Gasteiger partial charge in [0.1, 0.15) is 5.41 Å². The van der Waals surface area contributed by atoms with Gasteiger partial charge in [-0.15, -0.1) is 0 Å². The SMILES string of the molecule is COCCCNC(=O)C[C@H]1C[C@@]2(C(=O)OC)C(=C[C@H](C(C)C)O[C@@H]2C2CC2)N(Cc2ccccc2)C1=O. The predicted molar refractivity (Wildman–Crippen MR) is 138 cm³/mol. The number of methoxy groups -OCH3 is 2. The fourth-order valence-electron chi connectivity index (χ4n) is 5.72. The molecule has 8 nitrogen and oxygen atoms in total. The van der Waals surface area contributed by atoms with Gasteiger partial charge in [-0.25, -0.2) is 0 Å². The van der Waals surface area contributed by atoms with Gasteiger partial charge in [0.25, 0.3) is 0 Å². The van der Waals surface area contributed by atoms with Crippen LogP contribution in [0.5, 0.6) is 0 Å². The molecule has 1 saturated carbocycles. The molecule has 4 rings (SSSR count). The molecule has 202 valence electrons. The van der Waals surface area contributed by atoms with Gasteiger partial charge in [-0.2, -0.15) is 0 Å². The second-order valence-corrected chi connectivity index (χ2v) is 10.8. The van der Waals surface area contributed by atoms with Gasteiger partial charge >= 0.3 is 5.97 Å². The summed E-state index contributed by atoms with van der Waals surface area (Å²) in [6.45, 7) is 5.50. The van der Waals surface area contributed by atoms with Crippen LogP contribution in [0.2, 0.25) is 0 Å². The molecule has 0 radical (unpaired) electrons. The van der Waals surface area contributed by atoms with Crippen LogP contribution < -0.4 is 5.32 Å². The van der Waals surface area contributed by atoms with E-state index < -0.39 is 23.4 Å². The van der Waals surface area contributed by atoms with E-state index in [1.165, 1.54) is 7.11 Å². The standard InChI is InChI=1S/C29H40N2O6/c1-19(2)23-16-24-29(28(34)36-4,26(37-23)21-11-12-21)17-22(15-25(32)30-13-8-14-35-3)27(33)31(24)18-20-9-6-5-7-10-20/h5-7,9-10,16,19,21-23,26H,8,11-15,17-18H2,1-4H3,(H,30,32)/t22-,23+,26+,29+/m0/s1. The van der Waals surface area contributed by atoms with Gasteiger partial charge in [0.2, 0.25) is 11.8 Å². The minimum Gasteiger partial charge on any atom is -0.468 e. The molecule has 3 aliphatic rings. The lowest BCUT2D eigenvalue weighted by Gasteiger charge is -2.53. The van der Waals surface area contributed by atoms with E-state index in [0.29, 0.717) is 31.8 Å². The van der Waals surface area contributed by atoms with Gasteiger partial charge < -0.3 is 24.4 Å². The molecule has 8 heteroatoms. The molecule has 1 N–H and O–H groups in total. The van der Waals surface area contributed by atoms with Crippen LogP contribution in [0.25, 0.3) is 0 Å². The first-order valence-electron chi connectivity index (χ1n) is 13.4. The molecule has 37 heavy (non-hydrogen) atoms. The summed E-state index contributed by atoms with van der Waals surface area (Å²) in [4.78, 5) is 42.3. The number of piperidine rings is 1. The van der Waals surface area contributed by atoms with Crippen LogP contribution in [-0.4, -0.2) is 62.3 Å². The molecule has 1 aromatic carbocycles. The normalized spacial score (nSPS) is 27.5. The Bertz CT molecular complexity index is 1000. The van der Waals surface area contributed by atoms with Crippen molar-refractivity contribution in [3.8, 4) is 0 Å². The summed E-state index contributed by atoms with van der Waals surface area (Å²) in [6.07, 6.45) is 4.19. The quantitative estimate of drug-likeness (QED) is 0.361. The van der Waals surface area contributed by atoms with E-state index in [0.717, 1.165) is 18.4 Å². The number of rotatable bonds is 11. The summed E-state index contributed by atoms with van der Waals surface area (Å²) in [5.74, 6) is -1.01. The molecule has 0 unspecified atom stereocenters. The molecule has 2 aliphatic heterocycles. The van der Waals surface area contributed by atoms with E-state index in [4.69, 9.17) is 14.2 Å². The van der Waals surface area contributed by atoms with E-state index >= 15 is 0 Å². The zero-order chi connectivity index (χ0) is 26.6. The van der Waals surface area contributed by atoms with E-state index in [-0.39, 0.29) is 42.6 Å². The molecule has 1 aromatic rings. The highest BCUT2D eigenvalue weighted by atomic mass is 16.5. The van der Waals surface area contributed by atoms with Gasteiger partial charge in [-0.05, 0) is 49.2 Å². The zero-order valence-corrected chi connectivity index (χ0v) is 22.4. The van der Waals surface area contributed by atoms with Crippen molar-refractivity contribution >= 4 is 17.8 Å². The Labute approximate surface area is 219 Å². The lowest BCUT2D eigenvalue weighted by atomic mass is 9.64. The molecular formula is C29H40N2O6. The lowest BCUT2D eigenvalue weighted by Crippen LogP contribution is -2.61. The summed E-state index contributed by atoms with van der Waals surface area (Å²) in [5, 5.41) is 2.89. The molecule has 1 aliphatic carbocycles. The fourth-order valence-corrected chi connectivity index (χ4v) is 5.72. The monoisotopic (exact) mass is 512 g/mol. The van der Waals surface area contributed by atoms with E-state index in [9.17, 15) is 14.4 Å². The summed E-state index contributed by atoms with van der Waals surface area (Å²) in [6, 6.07) is 9.74. The maximum atomic E-state index is 14.0. The van der Waals surface area contributed by atoms with Crippen molar-refractivity contribution in [2.45, 2.75) is 64.7 Å². The number of carbonyl (C=O) groups is 3. The Morgan fingerprint density at radius 3 is 2.54 bits per heavy atom. The number of hydrogen-bond donors (Lipinski definition) is 1. The van der Waals surface area contributed by atoms with Crippen LogP contribution in [-0.2, 0) is 35.1 Å². The third-order valence-electron chi connectivity index (χ3n) is 7.76. The Kier molecular flexibility index (Phi) is 8.70. The number of ether oxygens (including phenoxy) is 3. The highest BCUT2D eigenvalue weighted by Crippen LogP contribution is 2.56. The van der Waals surface area contributed by atoms with Gasteiger partial charge in [-0.1, -0.05) is 44.2 Å². The molecule has 0 bridgehead atoms. The van der Waals surface area contributed by atoms with Crippen molar-refractivity contribution < 1.29 is 28.6 Å². The number of likely N-dealkylation sites (tertiary alicyclic amines) is 1. The molecule has 4 atom stereocenters. The fraction of sp³-hybridized carbons (Fsp3) is 0.621. The van der Waals surface area contributed by atoms with Crippen LogP contribution in [0.3, 0.4) is 0 Å². The largest absolute Gasteiger partial charge is 0.468 e. The Hall–Kier alpha value is -2.71. The van der Waals surface area contributed by atoms with Gasteiger partial charge in [0.05, 0.1) is 25.9 Å². The summed E-state index contributed by atoms with van der Waals surface area (Å²) in [5.41, 5.74) is 0.493. The highest BCUT2D eigenvalue weighted by molar-refractivity contribution is 5.92. The summed E-state index contributed by atoms with van der Waals surface area (Å²) >= 11 is 0. The van der Waals surface area contributed by atoms with Crippen LogP contribution in [0.4, 0.5) is 0 Å². The Morgan fingerprint density at radius 1 is 1.19 bits per heavy atom. The topological polar surface area (TPSA) is 94.2 Å². The Balaban J connectivity index is 1.74. The molecule has 2 amide bonds. The average molecular weight is 513 g/mol. The number of fused-ring (bicyclic) bond motifs is 1. The maximum Gasteiger partial charge on any atom is 0.320 e. The van der Waals surface area contributed by atoms with Crippen molar-refractivity contribution in [3.63, 3.8) is 0 Å². The molecule has 0 spiro atoms. The second-order valence-electron chi connectivity index (χ2n) is 10.8. The average Bonchev–Trinajstić information content (AvgIpc) is 3.74. The number of amides is 2. The van der Waals surface area contributed by atoms with Gasteiger partial charge in [-0.3, -0.25) is 14.4 Å². The summed E-state index contributed by atoms with van der Waals surface area (Å²) < 4.78 is 17.1. The molecule has 2 fully saturated rings. The molecule has 0 aromatic heterocycles. The third-order valence-corrected chi connectivity index (χ3v) is 7.76. The molecular weight excluding hydrogens is 472 g/mol. The van der Waals surface area contributed by atoms with Crippen LogP contribution in [0.1, 0.15) is 51.5 Å². The lowest BCUT2D eigenvalue weighted by molar-refractivity contribution is -0.182. The van der Waals surface area contributed by atoms with Crippen molar-refractivity contribution in [1.29, 1.82) is 0 Å². The van der Waals surface area contributed by atoms with E-state index in [1.54, 1.807) is 12.0 Å². The molecule has 1 saturated heterocycles. The van der Waals surface area contributed by atoms with E-state index in [1.807, 2.05) is 36.4 Å². The van der Waals surface area contributed by atoms with Gasteiger partial charge in [0, 0.05) is 38.3 Å². The first-order valence-corrected chi connectivity index (χ1v) is 13.4. The first kappa shape index (κ1) is 27.3. The van der Waals surface area contributed by atoms with Crippen molar-refractivity contribution in [3.05, 3.63) is 47.7 Å². The van der Waals surface area contributed by atoms with Crippen molar-refractivity contribution in [2.75, 3.05) is 27.4 Å². The number of carbonyl (C=O) groups excluding carboxylic acids is 3.